The highest BCUT2D eigenvalue weighted by atomic mass is 32.2. The van der Waals surface area contributed by atoms with Crippen LogP contribution in [-0.4, -0.2) is 31.4 Å². The third-order valence-corrected chi connectivity index (χ3v) is 4.50. The molecule has 0 saturated heterocycles. The lowest BCUT2D eigenvalue weighted by Gasteiger charge is -2.23. The lowest BCUT2D eigenvalue weighted by molar-refractivity contribution is 0.0520. The van der Waals surface area contributed by atoms with Crippen LogP contribution in [0.1, 0.15) is 31.9 Å². The first-order valence-corrected chi connectivity index (χ1v) is 8.72. The molecular weight excluding hydrogens is 304 g/mol. The van der Waals surface area contributed by atoms with Crippen molar-refractivity contribution >= 4 is 15.9 Å². The van der Waals surface area contributed by atoms with Gasteiger partial charge in [-0.3, -0.25) is 0 Å². The maximum atomic E-state index is 12.1. The first-order valence-electron chi connectivity index (χ1n) is 7.00. The Morgan fingerprint density at radius 3 is 2.27 bits per heavy atom. The van der Waals surface area contributed by atoms with Crippen molar-refractivity contribution in [2.24, 2.45) is 5.73 Å². The van der Waals surface area contributed by atoms with E-state index in [-0.39, 0.29) is 6.42 Å². The van der Waals surface area contributed by atoms with Crippen molar-refractivity contribution in [1.82, 2.24) is 5.32 Å². The Kier molecular flexibility index (Phi) is 5.96. The molecule has 0 aliphatic heterocycles. The van der Waals surface area contributed by atoms with E-state index in [4.69, 9.17) is 10.5 Å². The number of hydrogen-bond donors (Lipinski definition) is 2. The van der Waals surface area contributed by atoms with Gasteiger partial charge in [0.25, 0.3) is 0 Å². The van der Waals surface area contributed by atoms with Gasteiger partial charge in [-0.05, 0) is 33.3 Å². The normalized spacial score (nSPS) is 13.5. The number of ether oxygens (including phenoxy) is 1. The predicted molar refractivity (Wildman–Crippen MR) is 86.0 cm³/mol. The second-order valence-corrected chi connectivity index (χ2v) is 8.38. The lowest BCUT2D eigenvalue weighted by atomic mass is 10.1. The molecule has 1 atom stereocenters. The van der Waals surface area contributed by atoms with Crippen LogP contribution in [0.4, 0.5) is 4.79 Å². The highest BCUT2D eigenvalue weighted by Crippen LogP contribution is 2.12. The zero-order valence-electron chi connectivity index (χ0n) is 13.4. The molecule has 7 heteroatoms. The van der Waals surface area contributed by atoms with E-state index in [1.165, 1.54) is 0 Å². The summed E-state index contributed by atoms with van der Waals surface area (Å²) in [5.41, 5.74) is 6.47. The number of aryl methyl sites for hydroxylation is 1. The maximum absolute atomic E-state index is 12.1. The van der Waals surface area contributed by atoms with Gasteiger partial charge in [0.05, 0.1) is 5.88 Å². The minimum atomic E-state index is -3.65. The molecule has 0 aromatic heterocycles. The maximum Gasteiger partial charge on any atom is 0.408 e. The van der Waals surface area contributed by atoms with Gasteiger partial charge >= 0.3 is 6.09 Å². The number of carbonyl (C=O) groups is 1. The van der Waals surface area contributed by atoms with E-state index in [1.54, 1.807) is 20.8 Å². The zero-order chi connectivity index (χ0) is 17.0. The van der Waals surface area contributed by atoms with E-state index >= 15 is 0 Å². The number of hydrogen-bond acceptors (Lipinski definition) is 5. The smallest absolute Gasteiger partial charge is 0.408 e. The van der Waals surface area contributed by atoms with Crippen LogP contribution < -0.4 is 11.1 Å². The van der Waals surface area contributed by atoms with Crippen LogP contribution in [0.15, 0.2) is 24.3 Å². The lowest BCUT2D eigenvalue weighted by Crippen LogP contribution is -2.46. The third-order valence-electron chi connectivity index (χ3n) is 2.89. The van der Waals surface area contributed by atoms with Crippen molar-refractivity contribution in [2.75, 3.05) is 5.88 Å². The Hall–Kier alpha value is -1.60. The molecule has 0 aliphatic carbocycles. The number of nitrogens with two attached hydrogens (primary N) is 1. The summed E-state index contributed by atoms with van der Waals surface area (Å²) in [5.74, 6) is -0.542. The molecule has 3 N–H and O–H groups in total. The van der Waals surface area contributed by atoms with Crippen molar-refractivity contribution < 1.29 is 17.9 Å². The van der Waals surface area contributed by atoms with Crippen molar-refractivity contribution in [3.05, 3.63) is 35.4 Å². The topological polar surface area (TPSA) is 98.5 Å². The highest BCUT2D eigenvalue weighted by molar-refractivity contribution is 7.91. The fourth-order valence-electron chi connectivity index (χ4n) is 1.76. The number of benzene rings is 1. The summed E-state index contributed by atoms with van der Waals surface area (Å²) in [6.45, 7) is 7.06. The van der Waals surface area contributed by atoms with Crippen molar-refractivity contribution in [1.29, 1.82) is 0 Å². The van der Waals surface area contributed by atoms with Crippen molar-refractivity contribution in [3.63, 3.8) is 0 Å². The third kappa shape index (κ3) is 6.03. The minimum Gasteiger partial charge on any atom is -0.444 e. The van der Waals surface area contributed by atoms with Crippen LogP contribution in [0.3, 0.4) is 0 Å². The standard InChI is InChI=1S/C15H24N2O4S/c1-11-5-7-12(8-6-11)9-13(22(19,20)10-16)17-14(18)21-15(2,3)4/h5-8,13H,9-10,16H2,1-4H3,(H,17,18)/t13-/m0/s1. The van der Waals surface area contributed by atoms with Crippen LogP contribution in [-0.2, 0) is 21.0 Å². The van der Waals surface area contributed by atoms with Gasteiger partial charge < -0.3 is 15.8 Å². The number of sulfone groups is 1. The number of nitrogens with one attached hydrogen (secondary N) is 1. The van der Waals surface area contributed by atoms with Gasteiger partial charge in [0.1, 0.15) is 11.0 Å². The molecule has 22 heavy (non-hydrogen) atoms. The highest BCUT2D eigenvalue weighted by Gasteiger charge is 2.28. The molecule has 1 rings (SSSR count). The molecular formula is C15H24N2O4S. The average Bonchev–Trinajstić information content (AvgIpc) is 2.38. The molecule has 0 bridgehead atoms. The Bertz CT molecular complexity index is 603. The van der Waals surface area contributed by atoms with E-state index < -0.39 is 32.8 Å². The second-order valence-electron chi connectivity index (χ2n) is 6.15. The molecule has 0 aliphatic rings. The molecule has 1 aromatic carbocycles. The molecule has 0 radical (unpaired) electrons. The van der Waals surface area contributed by atoms with Gasteiger partial charge in [-0.1, -0.05) is 29.8 Å². The van der Waals surface area contributed by atoms with Gasteiger partial charge in [0.2, 0.25) is 0 Å². The molecule has 0 heterocycles. The largest absolute Gasteiger partial charge is 0.444 e. The molecule has 0 fully saturated rings. The quantitative estimate of drug-likeness (QED) is 0.857. The molecule has 0 spiro atoms. The number of rotatable bonds is 5. The molecule has 1 aromatic rings. The van der Waals surface area contributed by atoms with E-state index in [9.17, 15) is 13.2 Å². The summed E-state index contributed by atoms with van der Waals surface area (Å²) in [7, 11) is -3.65. The second kappa shape index (κ2) is 7.11. The van der Waals surface area contributed by atoms with E-state index in [1.807, 2.05) is 31.2 Å². The molecule has 6 nitrogen and oxygen atoms in total. The Morgan fingerprint density at radius 1 is 1.27 bits per heavy atom. The summed E-state index contributed by atoms with van der Waals surface area (Å²) in [6.07, 6.45) is -0.638. The predicted octanol–water partition coefficient (Wildman–Crippen LogP) is 1.72. The molecule has 124 valence electrons. The Balaban J connectivity index is 2.90. The first-order chi connectivity index (χ1) is 10.0. The summed E-state index contributed by atoms with van der Waals surface area (Å²) < 4.78 is 29.3. The number of alkyl carbamates (subject to hydrolysis) is 1. The van der Waals surface area contributed by atoms with Gasteiger partial charge in [-0.2, -0.15) is 0 Å². The van der Waals surface area contributed by atoms with Gasteiger partial charge in [0, 0.05) is 6.42 Å². The van der Waals surface area contributed by atoms with Crippen molar-refractivity contribution in [3.8, 4) is 0 Å². The number of carbonyl (C=O) groups excluding carboxylic acids is 1. The summed E-state index contributed by atoms with van der Waals surface area (Å²) in [6, 6.07) is 7.42. The fourth-order valence-corrected chi connectivity index (χ4v) is 2.72. The fraction of sp³-hybridized carbons (Fsp3) is 0.533. The van der Waals surface area contributed by atoms with E-state index in [2.05, 4.69) is 5.32 Å². The Labute approximate surface area is 132 Å². The first kappa shape index (κ1) is 18.4. The Morgan fingerprint density at radius 2 is 1.82 bits per heavy atom. The van der Waals surface area contributed by atoms with E-state index in [0.717, 1.165) is 11.1 Å². The van der Waals surface area contributed by atoms with Crippen LogP contribution in [0.25, 0.3) is 0 Å². The van der Waals surface area contributed by atoms with Crippen LogP contribution >= 0.6 is 0 Å². The van der Waals surface area contributed by atoms with Crippen LogP contribution in [0.5, 0.6) is 0 Å². The van der Waals surface area contributed by atoms with Crippen LogP contribution in [0, 0.1) is 6.92 Å². The van der Waals surface area contributed by atoms with Gasteiger partial charge in [0.15, 0.2) is 9.84 Å². The summed E-state index contributed by atoms with van der Waals surface area (Å²) >= 11 is 0. The minimum absolute atomic E-state index is 0.138. The molecule has 1 amide bonds. The molecule has 0 saturated carbocycles. The van der Waals surface area contributed by atoms with Gasteiger partial charge in [-0.15, -0.1) is 0 Å². The van der Waals surface area contributed by atoms with Gasteiger partial charge in [-0.25, -0.2) is 13.2 Å². The average molecular weight is 328 g/mol. The monoisotopic (exact) mass is 328 g/mol. The van der Waals surface area contributed by atoms with E-state index in [0.29, 0.717) is 0 Å². The summed E-state index contributed by atoms with van der Waals surface area (Å²) in [4.78, 5) is 11.8. The van der Waals surface area contributed by atoms with Crippen LogP contribution in [0.2, 0.25) is 0 Å². The SMILES string of the molecule is Cc1ccc(C[C@@H](NC(=O)OC(C)(C)C)S(=O)(=O)CN)cc1. The molecule has 0 unspecified atom stereocenters. The number of amides is 1. The summed E-state index contributed by atoms with van der Waals surface area (Å²) in [5, 5.41) is 1.28. The van der Waals surface area contributed by atoms with Crippen molar-refractivity contribution in [2.45, 2.75) is 45.1 Å². The zero-order valence-corrected chi connectivity index (χ0v) is 14.2.